The van der Waals surface area contributed by atoms with E-state index in [1.54, 1.807) is 23.6 Å². The molecule has 1 aromatic heterocycles. The van der Waals surface area contributed by atoms with Crippen molar-refractivity contribution in [2.24, 2.45) is 0 Å². The Bertz CT molecular complexity index is 648. The zero-order chi connectivity index (χ0) is 15.6. The third-order valence-electron chi connectivity index (χ3n) is 3.08. The van der Waals surface area contributed by atoms with Gasteiger partial charge in [0.15, 0.2) is 5.15 Å². The molecule has 0 fully saturated rings. The molecule has 0 saturated heterocycles. The van der Waals surface area contributed by atoms with Crippen molar-refractivity contribution in [3.63, 3.8) is 0 Å². The van der Waals surface area contributed by atoms with Gasteiger partial charge in [-0.25, -0.2) is 9.78 Å². The molecule has 0 saturated carbocycles. The number of aliphatic hydroxyl groups excluding tert-OH is 1. The quantitative estimate of drug-likeness (QED) is 0.881. The van der Waals surface area contributed by atoms with Crippen molar-refractivity contribution in [2.75, 3.05) is 0 Å². The van der Waals surface area contributed by atoms with Crippen LogP contribution in [-0.2, 0) is 6.54 Å². The minimum absolute atomic E-state index is 0.0632. The number of hydrogen-bond acceptors (Lipinski definition) is 4. The van der Waals surface area contributed by atoms with Crippen LogP contribution in [0.2, 0.25) is 5.15 Å². The lowest BCUT2D eigenvalue weighted by atomic mass is 10.1. The van der Waals surface area contributed by atoms with Crippen molar-refractivity contribution in [1.82, 2.24) is 9.55 Å². The Hall–Kier alpha value is -1.85. The van der Waals surface area contributed by atoms with E-state index in [0.717, 1.165) is 5.56 Å². The second-order valence-corrected chi connectivity index (χ2v) is 5.10. The van der Waals surface area contributed by atoms with E-state index in [-0.39, 0.29) is 11.0 Å². The molecule has 112 valence electrons. The van der Waals surface area contributed by atoms with Gasteiger partial charge in [0.05, 0.1) is 5.56 Å². The number of aromatic nitrogens is 2. The number of aliphatic hydroxyl groups is 1. The first-order valence-corrected chi connectivity index (χ1v) is 7.04. The van der Waals surface area contributed by atoms with E-state index in [1.165, 1.54) is 0 Å². The van der Waals surface area contributed by atoms with Crippen molar-refractivity contribution in [3.8, 4) is 5.88 Å². The molecule has 1 atom stereocenters. The molecular formula is C15H17ClN2O3. The molecule has 0 aliphatic carbocycles. The summed E-state index contributed by atoms with van der Waals surface area (Å²) in [5.74, 6) is 0.0125. The highest BCUT2D eigenvalue weighted by Gasteiger charge is 2.22. The Labute approximate surface area is 128 Å². The van der Waals surface area contributed by atoms with Gasteiger partial charge in [-0.05, 0) is 32.9 Å². The third-order valence-corrected chi connectivity index (χ3v) is 3.32. The molecule has 0 bridgehead atoms. The van der Waals surface area contributed by atoms with Gasteiger partial charge in [-0.15, -0.1) is 0 Å². The van der Waals surface area contributed by atoms with Crippen molar-refractivity contribution in [3.05, 3.63) is 46.4 Å². The molecule has 1 N–H and O–H groups in total. The largest absolute Gasteiger partial charge is 0.402 e. The normalized spacial score (nSPS) is 12.2. The van der Waals surface area contributed by atoms with Gasteiger partial charge in [0.25, 0.3) is 0 Å². The summed E-state index contributed by atoms with van der Waals surface area (Å²) < 4.78 is 6.92. The number of esters is 1. The predicted molar refractivity (Wildman–Crippen MR) is 79.7 cm³/mol. The third kappa shape index (κ3) is 3.25. The first-order valence-electron chi connectivity index (χ1n) is 6.66. The van der Waals surface area contributed by atoms with Crippen molar-refractivity contribution >= 4 is 17.6 Å². The number of aryl methyl sites for hydroxylation is 1. The van der Waals surface area contributed by atoms with Gasteiger partial charge in [-0.1, -0.05) is 29.3 Å². The average Bonchev–Trinajstić information content (AvgIpc) is 2.76. The number of carbonyl (C=O) groups is 1. The van der Waals surface area contributed by atoms with E-state index in [4.69, 9.17) is 16.3 Å². The number of halogens is 1. The van der Waals surface area contributed by atoms with Crippen LogP contribution in [0.15, 0.2) is 24.3 Å². The summed E-state index contributed by atoms with van der Waals surface area (Å²) in [4.78, 5) is 16.2. The molecular weight excluding hydrogens is 292 g/mol. The highest BCUT2D eigenvalue weighted by molar-refractivity contribution is 6.30. The van der Waals surface area contributed by atoms with E-state index in [2.05, 4.69) is 4.98 Å². The van der Waals surface area contributed by atoms with Gasteiger partial charge in [-0.2, -0.15) is 0 Å². The van der Waals surface area contributed by atoms with E-state index < -0.39 is 12.1 Å². The smallest absolute Gasteiger partial charge is 0.344 e. The highest BCUT2D eigenvalue weighted by Crippen LogP contribution is 2.29. The van der Waals surface area contributed by atoms with Gasteiger partial charge in [-0.3, -0.25) is 4.57 Å². The average molecular weight is 309 g/mol. The van der Waals surface area contributed by atoms with Gasteiger partial charge >= 0.3 is 5.97 Å². The summed E-state index contributed by atoms with van der Waals surface area (Å²) in [6.45, 7) is 5.85. The lowest BCUT2D eigenvalue weighted by Crippen LogP contribution is -2.13. The van der Waals surface area contributed by atoms with Crippen LogP contribution in [0.1, 0.15) is 41.7 Å². The number of benzene rings is 1. The molecule has 0 radical (unpaired) electrons. The molecule has 1 heterocycles. The van der Waals surface area contributed by atoms with E-state index >= 15 is 0 Å². The number of nitrogens with zero attached hydrogens (tertiary/aromatic N) is 2. The fourth-order valence-corrected chi connectivity index (χ4v) is 2.21. The number of carbonyl (C=O) groups excluding carboxylic acids is 1. The Kier molecular flexibility index (Phi) is 4.65. The minimum Gasteiger partial charge on any atom is -0.402 e. The van der Waals surface area contributed by atoms with Crippen LogP contribution >= 0.6 is 11.6 Å². The Balaban J connectivity index is 2.31. The van der Waals surface area contributed by atoms with E-state index in [1.807, 2.05) is 26.0 Å². The van der Waals surface area contributed by atoms with Crippen LogP contribution in [0.3, 0.4) is 0 Å². The Morgan fingerprint density at radius 1 is 1.43 bits per heavy atom. The van der Waals surface area contributed by atoms with Crippen LogP contribution in [-0.4, -0.2) is 20.6 Å². The van der Waals surface area contributed by atoms with Crippen molar-refractivity contribution in [2.45, 2.75) is 33.4 Å². The Morgan fingerprint density at radius 3 is 2.57 bits per heavy atom. The maximum Gasteiger partial charge on any atom is 0.344 e. The summed E-state index contributed by atoms with van der Waals surface area (Å²) in [7, 11) is 0. The second-order valence-electron chi connectivity index (χ2n) is 4.74. The summed E-state index contributed by atoms with van der Waals surface area (Å²) in [6.07, 6.45) is -0.797. The first kappa shape index (κ1) is 15.5. The fourth-order valence-electron chi connectivity index (χ4n) is 1.98. The summed E-state index contributed by atoms with van der Waals surface area (Å²) >= 11 is 6.01. The monoisotopic (exact) mass is 308 g/mol. The van der Waals surface area contributed by atoms with Crippen molar-refractivity contribution < 1.29 is 14.6 Å². The lowest BCUT2D eigenvalue weighted by molar-refractivity contribution is 0.0718. The maximum atomic E-state index is 12.1. The standard InChI is InChI=1S/C15H17ClN2O3/c1-4-18-13(10(3)19)17-12(16)14(18)21-15(20)11-7-5-9(2)6-8-11/h5-8,10,19H,4H2,1-3H3. The zero-order valence-corrected chi connectivity index (χ0v) is 12.9. The van der Waals surface area contributed by atoms with Gasteiger partial charge in [0, 0.05) is 6.54 Å². The number of hydrogen-bond donors (Lipinski definition) is 1. The molecule has 0 aliphatic heterocycles. The Morgan fingerprint density at radius 2 is 2.05 bits per heavy atom. The highest BCUT2D eigenvalue weighted by atomic mass is 35.5. The predicted octanol–water partition coefficient (Wildman–Crippen LogP) is 3.14. The second kappa shape index (κ2) is 6.28. The number of imidazole rings is 1. The summed E-state index contributed by atoms with van der Waals surface area (Å²) in [5, 5.41) is 9.74. The molecule has 1 aromatic carbocycles. The number of rotatable bonds is 4. The van der Waals surface area contributed by atoms with E-state index in [9.17, 15) is 9.90 Å². The zero-order valence-electron chi connectivity index (χ0n) is 12.1. The summed E-state index contributed by atoms with van der Waals surface area (Å²) in [5.41, 5.74) is 1.48. The van der Waals surface area contributed by atoms with Crippen LogP contribution in [0, 0.1) is 6.92 Å². The first-order chi connectivity index (χ1) is 9.93. The van der Waals surface area contributed by atoms with Crippen LogP contribution < -0.4 is 4.74 Å². The fraction of sp³-hybridized carbons (Fsp3) is 0.333. The molecule has 0 spiro atoms. The molecule has 0 amide bonds. The maximum absolute atomic E-state index is 12.1. The molecule has 0 aliphatic rings. The lowest BCUT2D eigenvalue weighted by Gasteiger charge is -2.11. The summed E-state index contributed by atoms with van der Waals surface area (Å²) in [6, 6.07) is 7.04. The molecule has 1 unspecified atom stereocenters. The van der Waals surface area contributed by atoms with Gasteiger partial charge < -0.3 is 9.84 Å². The molecule has 5 nitrogen and oxygen atoms in total. The topological polar surface area (TPSA) is 64.3 Å². The van der Waals surface area contributed by atoms with Crippen molar-refractivity contribution in [1.29, 1.82) is 0 Å². The minimum atomic E-state index is -0.797. The molecule has 2 rings (SSSR count). The molecule has 6 heteroatoms. The van der Waals surface area contributed by atoms with Gasteiger partial charge in [0.2, 0.25) is 5.88 Å². The van der Waals surface area contributed by atoms with Crippen LogP contribution in [0.25, 0.3) is 0 Å². The number of ether oxygens (including phenoxy) is 1. The molecule has 21 heavy (non-hydrogen) atoms. The van der Waals surface area contributed by atoms with Crippen LogP contribution in [0.5, 0.6) is 5.88 Å². The van der Waals surface area contributed by atoms with E-state index in [0.29, 0.717) is 17.9 Å². The SMILES string of the molecule is CCn1c(C(C)O)nc(Cl)c1OC(=O)c1ccc(C)cc1. The van der Waals surface area contributed by atoms with Crippen LogP contribution in [0.4, 0.5) is 0 Å². The molecule has 2 aromatic rings. The van der Waals surface area contributed by atoms with Gasteiger partial charge in [0.1, 0.15) is 11.9 Å².